The number of ether oxygens (including phenoxy) is 1. The fourth-order valence-electron chi connectivity index (χ4n) is 10.1. The normalized spacial score (nSPS) is 12.0. The second-order valence-corrected chi connectivity index (χ2v) is 16.4. The number of benzene rings is 7. The summed E-state index contributed by atoms with van der Waals surface area (Å²) in [4.78, 5) is 19.1. The Hall–Kier alpha value is -9.08. The summed E-state index contributed by atoms with van der Waals surface area (Å²) in [5, 5.41) is 9.16. The number of para-hydroxylation sites is 3. The van der Waals surface area contributed by atoms with Gasteiger partial charge in [0.05, 0.1) is 44.1 Å². The zero-order valence-electron chi connectivity index (χ0n) is 34.6. The van der Waals surface area contributed by atoms with Gasteiger partial charge in [-0.1, -0.05) is 72.8 Å². The topological polar surface area (TPSA) is 80.5 Å². The average molecular weight is 835 g/mol. The van der Waals surface area contributed by atoms with Crippen molar-refractivity contribution in [2.45, 2.75) is 0 Å². The van der Waals surface area contributed by atoms with E-state index in [9.17, 15) is 0 Å². The van der Waals surface area contributed by atoms with Crippen molar-refractivity contribution in [3.8, 4) is 34.8 Å². The predicted octanol–water partition coefficient (Wildman–Crippen LogP) is 13.4. The number of aromatic nitrogens is 8. The Kier molecular flexibility index (Phi) is 7.49. The Bertz CT molecular complexity index is 4210. The van der Waals surface area contributed by atoms with Crippen molar-refractivity contribution in [2.75, 3.05) is 0 Å². The Morgan fingerprint density at radius 1 is 0.277 bits per heavy atom. The summed E-state index contributed by atoms with van der Waals surface area (Å²) in [6.45, 7) is 0. The molecular weight excluding hydrogens is 801 g/mol. The van der Waals surface area contributed by atoms with Gasteiger partial charge in [-0.05, 0) is 97.1 Å². The van der Waals surface area contributed by atoms with Crippen molar-refractivity contribution >= 4 is 87.2 Å². The van der Waals surface area contributed by atoms with Crippen LogP contribution in [0.3, 0.4) is 0 Å². The number of hydrogen-bond donors (Lipinski definition) is 0. The molecule has 0 amide bonds. The maximum atomic E-state index is 6.77. The molecule has 304 valence electrons. The quantitative estimate of drug-likeness (QED) is 0.167. The molecule has 9 heteroatoms. The van der Waals surface area contributed by atoms with E-state index in [4.69, 9.17) is 24.7 Å². The Morgan fingerprint density at radius 3 is 1.29 bits per heavy atom. The van der Waals surface area contributed by atoms with Gasteiger partial charge in [0.25, 0.3) is 0 Å². The van der Waals surface area contributed by atoms with Crippen LogP contribution in [0.25, 0.3) is 110 Å². The Balaban J connectivity index is 0.973. The summed E-state index contributed by atoms with van der Waals surface area (Å²) in [5.74, 6) is 3.73. The van der Waals surface area contributed by atoms with Gasteiger partial charge in [-0.25, -0.2) is 19.9 Å². The lowest BCUT2D eigenvalue weighted by Gasteiger charge is -2.11. The van der Waals surface area contributed by atoms with Crippen LogP contribution in [0.2, 0.25) is 0 Å². The van der Waals surface area contributed by atoms with Gasteiger partial charge in [-0.2, -0.15) is 0 Å². The van der Waals surface area contributed by atoms with E-state index in [-0.39, 0.29) is 0 Å². The fourth-order valence-corrected chi connectivity index (χ4v) is 10.1. The third-order valence-corrected chi connectivity index (χ3v) is 12.8. The predicted molar refractivity (Wildman–Crippen MR) is 261 cm³/mol. The maximum Gasteiger partial charge on any atom is 0.234 e. The van der Waals surface area contributed by atoms with Crippen LogP contribution >= 0.6 is 0 Å². The molecule has 9 nitrogen and oxygen atoms in total. The molecule has 0 saturated heterocycles. The number of pyridine rings is 2. The van der Waals surface area contributed by atoms with Crippen molar-refractivity contribution in [3.05, 3.63) is 207 Å². The van der Waals surface area contributed by atoms with Gasteiger partial charge >= 0.3 is 0 Å². The zero-order valence-corrected chi connectivity index (χ0v) is 34.6. The Labute approximate surface area is 370 Å². The van der Waals surface area contributed by atoms with Crippen molar-refractivity contribution in [1.82, 2.24) is 38.2 Å². The lowest BCUT2D eigenvalue weighted by Crippen LogP contribution is -2.00. The van der Waals surface area contributed by atoms with E-state index in [2.05, 4.69) is 158 Å². The monoisotopic (exact) mass is 834 g/mol. The molecule has 0 aliphatic carbocycles. The molecule has 0 unspecified atom stereocenters. The van der Waals surface area contributed by atoms with Crippen LogP contribution < -0.4 is 4.74 Å². The molecule has 7 aromatic carbocycles. The van der Waals surface area contributed by atoms with Gasteiger partial charge in [0.15, 0.2) is 0 Å². The minimum Gasteiger partial charge on any atom is -0.457 e. The third-order valence-electron chi connectivity index (χ3n) is 12.8. The number of rotatable bonds is 6. The van der Waals surface area contributed by atoms with E-state index in [1.165, 1.54) is 16.2 Å². The third kappa shape index (κ3) is 5.26. The van der Waals surface area contributed by atoms with E-state index in [0.717, 1.165) is 94.1 Å². The van der Waals surface area contributed by atoms with Gasteiger partial charge in [0, 0.05) is 85.7 Å². The smallest absolute Gasteiger partial charge is 0.234 e. The van der Waals surface area contributed by atoms with Crippen molar-refractivity contribution in [2.24, 2.45) is 0 Å². The van der Waals surface area contributed by atoms with Gasteiger partial charge in [0.1, 0.15) is 23.1 Å². The largest absolute Gasteiger partial charge is 0.457 e. The van der Waals surface area contributed by atoms with Crippen molar-refractivity contribution < 1.29 is 4.74 Å². The zero-order chi connectivity index (χ0) is 42.6. The minimum atomic E-state index is 0.578. The highest BCUT2D eigenvalue weighted by Crippen LogP contribution is 2.42. The molecule has 0 bridgehead atoms. The first-order valence-corrected chi connectivity index (χ1v) is 21.6. The SMILES string of the molecule is c1ccc(-n2c3ccccc3c3ccc(Oc4ccc5c6cc7c8ccccc8n(-c8ccc9c%10ccccc%10n(-c%10ccccn%10)c9c8)c7cc6n(-c6ncccn6)c5c4)cc32)nc1. The van der Waals surface area contributed by atoms with E-state index < -0.39 is 0 Å². The van der Waals surface area contributed by atoms with Gasteiger partial charge in [-0.3, -0.25) is 13.7 Å². The summed E-state index contributed by atoms with van der Waals surface area (Å²) >= 11 is 0. The summed E-state index contributed by atoms with van der Waals surface area (Å²) in [6, 6.07) is 63.6. The molecule has 7 heterocycles. The molecule has 14 rings (SSSR count). The van der Waals surface area contributed by atoms with Gasteiger partial charge < -0.3 is 9.30 Å². The van der Waals surface area contributed by atoms with Crippen LogP contribution in [0.4, 0.5) is 0 Å². The van der Waals surface area contributed by atoms with Crippen LogP contribution in [0.15, 0.2) is 207 Å². The van der Waals surface area contributed by atoms with E-state index in [1.54, 1.807) is 12.4 Å². The first-order valence-electron chi connectivity index (χ1n) is 21.6. The van der Waals surface area contributed by atoms with E-state index >= 15 is 0 Å². The molecule has 0 aliphatic heterocycles. The van der Waals surface area contributed by atoms with Crippen LogP contribution in [0.1, 0.15) is 0 Å². The first-order chi connectivity index (χ1) is 32.2. The second kappa shape index (κ2) is 13.7. The summed E-state index contributed by atoms with van der Waals surface area (Å²) in [6.07, 6.45) is 7.27. The molecular formula is C56H34N8O. The number of nitrogens with zero attached hydrogens (tertiary/aromatic N) is 8. The molecule has 0 radical (unpaired) electrons. The highest BCUT2D eigenvalue weighted by atomic mass is 16.5. The van der Waals surface area contributed by atoms with E-state index in [0.29, 0.717) is 11.7 Å². The number of hydrogen-bond acceptors (Lipinski definition) is 5. The molecule has 7 aromatic heterocycles. The molecule has 0 N–H and O–H groups in total. The lowest BCUT2D eigenvalue weighted by molar-refractivity contribution is 0.484. The Morgan fingerprint density at radius 2 is 0.708 bits per heavy atom. The standard InChI is InChI=1S/C56H34N8O/c1-5-16-47-38(12-1)41-23-20-35(30-49(41)62(47)54-18-7-9-26-57-54)61-46-15-4-3-14-40(46)44-33-45-43-25-22-37(32-51(43)64(53(45)34-52(44)61)56-59-28-11-29-60-56)65-36-21-24-42-39-13-2-6-17-48(39)63(50(42)31-36)55-19-8-10-27-58-55/h1-34H. The van der Waals surface area contributed by atoms with Crippen molar-refractivity contribution in [3.63, 3.8) is 0 Å². The lowest BCUT2D eigenvalue weighted by atomic mass is 10.1. The molecule has 0 saturated carbocycles. The summed E-state index contributed by atoms with van der Waals surface area (Å²) < 4.78 is 15.8. The molecule has 65 heavy (non-hydrogen) atoms. The first kappa shape index (κ1) is 35.5. The van der Waals surface area contributed by atoms with Crippen LogP contribution in [0.5, 0.6) is 11.5 Å². The maximum absolute atomic E-state index is 6.77. The fraction of sp³-hybridized carbons (Fsp3) is 0. The van der Waals surface area contributed by atoms with Crippen LogP contribution in [-0.2, 0) is 0 Å². The van der Waals surface area contributed by atoms with Gasteiger partial charge in [-0.15, -0.1) is 0 Å². The second-order valence-electron chi connectivity index (χ2n) is 16.4. The molecule has 14 aromatic rings. The summed E-state index contributed by atoms with van der Waals surface area (Å²) in [5.41, 5.74) is 9.50. The molecule has 0 fully saturated rings. The van der Waals surface area contributed by atoms with Crippen molar-refractivity contribution in [1.29, 1.82) is 0 Å². The molecule has 0 spiro atoms. The highest BCUT2D eigenvalue weighted by Gasteiger charge is 2.22. The van der Waals surface area contributed by atoms with E-state index in [1.807, 2.05) is 54.9 Å². The van der Waals surface area contributed by atoms with Crippen LogP contribution in [-0.4, -0.2) is 38.2 Å². The molecule has 0 atom stereocenters. The van der Waals surface area contributed by atoms with Crippen LogP contribution in [0, 0.1) is 0 Å². The minimum absolute atomic E-state index is 0.578. The van der Waals surface area contributed by atoms with Gasteiger partial charge in [0.2, 0.25) is 5.95 Å². The molecule has 0 aliphatic rings. The average Bonchev–Trinajstić information content (AvgIpc) is 4.08. The number of fused-ring (bicyclic) bond motifs is 12. The highest BCUT2D eigenvalue weighted by molar-refractivity contribution is 6.19. The summed E-state index contributed by atoms with van der Waals surface area (Å²) in [7, 11) is 0.